The summed E-state index contributed by atoms with van der Waals surface area (Å²) < 4.78 is 38.2. The topological polar surface area (TPSA) is 99.2 Å². The second-order valence-corrected chi connectivity index (χ2v) is 9.61. The van der Waals surface area contributed by atoms with Gasteiger partial charge in [0.25, 0.3) is 10.1 Å². The van der Waals surface area contributed by atoms with Crippen molar-refractivity contribution in [3.63, 3.8) is 0 Å². The van der Waals surface area contributed by atoms with Gasteiger partial charge in [-0.15, -0.1) is 0 Å². The van der Waals surface area contributed by atoms with Crippen molar-refractivity contribution >= 4 is 22.2 Å². The molecular weight excluding hydrogens is 362 g/mol. The van der Waals surface area contributed by atoms with E-state index >= 15 is 0 Å². The van der Waals surface area contributed by atoms with Gasteiger partial charge in [0.1, 0.15) is 5.60 Å². The van der Waals surface area contributed by atoms with Crippen LogP contribution in [0.15, 0.2) is 0 Å². The third-order valence-corrected chi connectivity index (χ3v) is 4.40. The Morgan fingerprint density at radius 2 is 1.81 bits per heavy atom. The van der Waals surface area contributed by atoms with Crippen molar-refractivity contribution in [3.8, 4) is 0 Å². The molecule has 1 heterocycles. The highest BCUT2D eigenvalue weighted by Crippen LogP contribution is 2.29. The number of ether oxygens (including phenoxy) is 2. The van der Waals surface area contributed by atoms with Crippen molar-refractivity contribution in [2.75, 3.05) is 26.0 Å². The van der Waals surface area contributed by atoms with E-state index in [0.717, 1.165) is 6.26 Å². The first-order chi connectivity index (χ1) is 11.8. The lowest BCUT2D eigenvalue weighted by Gasteiger charge is -2.38. The smallest absolute Gasteiger partial charge is 0.410 e. The lowest BCUT2D eigenvalue weighted by atomic mass is 9.84. The van der Waals surface area contributed by atoms with Crippen LogP contribution in [0.25, 0.3) is 0 Å². The molecule has 152 valence electrons. The molecule has 0 radical (unpaired) electrons. The van der Waals surface area contributed by atoms with Gasteiger partial charge in [-0.2, -0.15) is 8.42 Å². The van der Waals surface area contributed by atoms with Gasteiger partial charge in [-0.05, 0) is 47.0 Å². The Morgan fingerprint density at radius 1 is 1.19 bits per heavy atom. The summed E-state index contributed by atoms with van der Waals surface area (Å²) in [7, 11) is -3.61. The fraction of sp³-hybridized carbons (Fsp3) is 0.882. The number of amides is 1. The highest BCUT2D eigenvalue weighted by atomic mass is 32.2. The predicted octanol–water partition coefficient (Wildman–Crippen LogP) is 2.18. The molecule has 0 saturated carbocycles. The monoisotopic (exact) mass is 393 g/mol. The van der Waals surface area contributed by atoms with Gasteiger partial charge in [0.2, 0.25) is 0 Å². The third kappa shape index (κ3) is 8.84. The Bertz CT molecular complexity index is 595. The van der Waals surface area contributed by atoms with Crippen molar-refractivity contribution in [1.29, 1.82) is 0 Å². The molecule has 0 N–H and O–H groups in total. The second-order valence-electron chi connectivity index (χ2n) is 7.97. The lowest BCUT2D eigenvalue weighted by Crippen LogP contribution is -2.47. The van der Waals surface area contributed by atoms with Crippen LogP contribution < -0.4 is 0 Å². The Morgan fingerprint density at radius 3 is 2.31 bits per heavy atom. The number of hydrogen-bond donors (Lipinski definition) is 0. The van der Waals surface area contributed by atoms with Crippen molar-refractivity contribution in [2.45, 2.75) is 59.2 Å². The summed E-state index contributed by atoms with van der Waals surface area (Å²) in [5.41, 5.74) is -0.617. The van der Waals surface area contributed by atoms with E-state index in [1.165, 1.54) is 4.90 Å². The minimum Gasteiger partial charge on any atom is -0.463 e. The minimum atomic E-state index is -3.61. The molecule has 0 spiro atoms. The van der Waals surface area contributed by atoms with Crippen LogP contribution in [0.3, 0.4) is 0 Å². The van der Waals surface area contributed by atoms with Gasteiger partial charge < -0.3 is 14.4 Å². The fourth-order valence-electron chi connectivity index (χ4n) is 2.77. The third-order valence-electron chi connectivity index (χ3n) is 3.84. The summed E-state index contributed by atoms with van der Waals surface area (Å²) in [6.45, 7) is 9.50. The Balaban J connectivity index is 2.79. The maximum atomic E-state index is 12.3. The number of esters is 1. The Hall–Kier alpha value is -1.35. The number of carbonyl (C=O) groups excluding carboxylic acids is 2. The van der Waals surface area contributed by atoms with E-state index in [4.69, 9.17) is 13.7 Å². The molecule has 2 unspecified atom stereocenters. The zero-order valence-corrected chi connectivity index (χ0v) is 17.3. The van der Waals surface area contributed by atoms with Crippen molar-refractivity contribution in [2.24, 2.45) is 11.8 Å². The molecule has 1 fully saturated rings. The number of piperidine rings is 1. The molecule has 2 atom stereocenters. The molecule has 0 aliphatic carbocycles. The number of likely N-dealkylation sites (tertiary alicyclic amines) is 1. The maximum absolute atomic E-state index is 12.3. The van der Waals surface area contributed by atoms with Gasteiger partial charge in [0.05, 0.1) is 19.0 Å². The molecule has 0 aromatic carbocycles. The van der Waals surface area contributed by atoms with Crippen LogP contribution in [-0.2, 0) is 28.6 Å². The van der Waals surface area contributed by atoms with Gasteiger partial charge in [-0.1, -0.05) is 0 Å². The van der Waals surface area contributed by atoms with Gasteiger partial charge in [0.15, 0.2) is 0 Å². The van der Waals surface area contributed by atoms with Crippen LogP contribution in [0.5, 0.6) is 0 Å². The van der Waals surface area contributed by atoms with Crippen molar-refractivity contribution in [1.82, 2.24) is 4.90 Å². The molecule has 1 aliphatic heterocycles. The highest BCUT2D eigenvalue weighted by molar-refractivity contribution is 7.85. The quantitative estimate of drug-likeness (QED) is 0.504. The van der Waals surface area contributed by atoms with E-state index < -0.39 is 21.8 Å². The molecule has 1 amide bonds. The van der Waals surface area contributed by atoms with Crippen LogP contribution >= 0.6 is 0 Å². The van der Waals surface area contributed by atoms with Crippen LogP contribution in [0.4, 0.5) is 4.79 Å². The zero-order chi connectivity index (χ0) is 20.1. The predicted molar refractivity (Wildman–Crippen MR) is 96.0 cm³/mol. The summed E-state index contributed by atoms with van der Waals surface area (Å²) >= 11 is 0. The van der Waals surface area contributed by atoms with Gasteiger partial charge in [0, 0.05) is 25.4 Å². The first kappa shape index (κ1) is 22.7. The van der Waals surface area contributed by atoms with Crippen molar-refractivity contribution < 1.29 is 31.7 Å². The normalized spacial score (nSPS) is 21.6. The van der Waals surface area contributed by atoms with E-state index in [1.54, 1.807) is 34.6 Å². The SMILES string of the molecule is CC(C)OC(=O)CC1CCN(C(=O)OC(C)(C)C)CC1COS(C)(=O)=O. The Labute approximate surface area is 156 Å². The molecule has 0 bridgehead atoms. The first-order valence-corrected chi connectivity index (χ1v) is 10.6. The zero-order valence-electron chi connectivity index (χ0n) is 16.5. The number of nitrogens with zero attached hydrogens (tertiary/aromatic N) is 1. The van der Waals surface area contributed by atoms with E-state index in [2.05, 4.69) is 0 Å². The van der Waals surface area contributed by atoms with Crippen LogP contribution in [-0.4, -0.2) is 63.0 Å². The second kappa shape index (κ2) is 9.03. The van der Waals surface area contributed by atoms with Gasteiger partial charge in [-0.25, -0.2) is 4.79 Å². The van der Waals surface area contributed by atoms with Crippen molar-refractivity contribution in [3.05, 3.63) is 0 Å². The number of carbonyl (C=O) groups is 2. The van der Waals surface area contributed by atoms with Crippen LogP contribution in [0.2, 0.25) is 0 Å². The summed E-state index contributed by atoms with van der Waals surface area (Å²) in [6.07, 6.45) is 1.02. The van der Waals surface area contributed by atoms with Crippen LogP contribution in [0, 0.1) is 11.8 Å². The number of hydrogen-bond acceptors (Lipinski definition) is 7. The van der Waals surface area contributed by atoms with Gasteiger partial charge in [-0.3, -0.25) is 8.98 Å². The molecule has 1 rings (SSSR count). The maximum Gasteiger partial charge on any atom is 0.410 e. The molecule has 26 heavy (non-hydrogen) atoms. The summed E-state index contributed by atoms with van der Waals surface area (Å²) in [5.74, 6) is -0.757. The van der Waals surface area contributed by atoms with E-state index in [1.807, 2.05) is 0 Å². The summed E-state index contributed by atoms with van der Waals surface area (Å²) in [4.78, 5) is 25.8. The standard InChI is InChI=1S/C17H31NO7S/c1-12(2)24-15(19)9-13-7-8-18(16(20)25-17(3,4)5)10-14(13)11-23-26(6,21)22/h12-14H,7-11H2,1-6H3. The summed E-state index contributed by atoms with van der Waals surface area (Å²) in [5, 5.41) is 0. The average Bonchev–Trinajstić information content (AvgIpc) is 2.42. The molecule has 1 saturated heterocycles. The summed E-state index contributed by atoms with van der Waals surface area (Å²) in [6, 6.07) is 0. The number of rotatable bonds is 6. The first-order valence-electron chi connectivity index (χ1n) is 8.78. The molecular formula is C17H31NO7S. The van der Waals surface area contributed by atoms with Crippen LogP contribution in [0.1, 0.15) is 47.5 Å². The largest absolute Gasteiger partial charge is 0.463 e. The minimum absolute atomic E-state index is 0.0856. The van der Waals surface area contributed by atoms with Gasteiger partial charge >= 0.3 is 12.1 Å². The molecule has 9 heteroatoms. The molecule has 8 nitrogen and oxygen atoms in total. The van der Waals surface area contributed by atoms with E-state index in [0.29, 0.717) is 13.0 Å². The fourth-order valence-corrected chi connectivity index (χ4v) is 3.19. The lowest BCUT2D eigenvalue weighted by molar-refractivity contribution is -0.149. The Kier molecular flexibility index (Phi) is 7.88. The van der Waals surface area contributed by atoms with E-state index in [9.17, 15) is 18.0 Å². The molecule has 0 aromatic rings. The highest BCUT2D eigenvalue weighted by Gasteiger charge is 2.35. The van der Waals surface area contributed by atoms with E-state index in [-0.39, 0.29) is 43.5 Å². The molecule has 0 aromatic heterocycles. The molecule has 1 aliphatic rings. The average molecular weight is 394 g/mol.